The monoisotopic (exact) mass is 306 g/mol. The van der Waals surface area contributed by atoms with Crippen molar-refractivity contribution in [2.75, 3.05) is 36.8 Å². The molecular formula is C15H22N4OS. The molecule has 1 aromatic heterocycles. The molecule has 1 aliphatic carbocycles. The average molecular weight is 306 g/mol. The number of fused-ring (bicyclic) bond motifs is 1. The maximum Gasteiger partial charge on any atom is 0.263 e. The Labute approximate surface area is 129 Å². The van der Waals surface area contributed by atoms with E-state index in [9.17, 15) is 4.79 Å². The first-order valence-corrected chi connectivity index (χ1v) is 8.71. The molecular weight excluding hydrogens is 284 g/mol. The van der Waals surface area contributed by atoms with Crippen LogP contribution in [0.15, 0.2) is 6.07 Å². The summed E-state index contributed by atoms with van der Waals surface area (Å²) in [5.74, 6) is 0.00533. The molecule has 1 unspecified atom stereocenters. The third kappa shape index (κ3) is 2.62. The predicted molar refractivity (Wildman–Crippen MR) is 86.0 cm³/mol. The van der Waals surface area contributed by atoms with E-state index >= 15 is 0 Å². The molecule has 3 N–H and O–H groups in total. The van der Waals surface area contributed by atoms with E-state index in [1.54, 1.807) is 11.3 Å². The molecule has 3 heterocycles. The Morgan fingerprint density at radius 3 is 2.95 bits per heavy atom. The lowest BCUT2D eigenvalue weighted by Crippen LogP contribution is -2.49. The summed E-state index contributed by atoms with van der Waals surface area (Å²) in [5, 5.41) is 4.18. The van der Waals surface area contributed by atoms with Crippen molar-refractivity contribution in [1.29, 1.82) is 0 Å². The Morgan fingerprint density at radius 1 is 1.29 bits per heavy atom. The molecule has 114 valence electrons. The van der Waals surface area contributed by atoms with Gasteiger partial charge in [-0.25, -0.2) is 0 Å². The second-order valence-corrected chi connectivity index (χ2v) is 7.43. The molecule has 2 saturated heterocycles. The highest BCUT2D eigenvalue weighted by atomic mass is 32.1. The third-order valence-corrected chi connectivity index (χ3v) is 5.98. The fourth-order valence-corrected chi connectivity index (χ4v) is 4.41. The van der Waals surface area contributed by atoms with Gasteiger partial charge in [0.25, 0.3) is 5.91 Å². The molecule has 2 aliphatic heterocycles. The zero-order valence-electron chi connectivity index (χ0n) is 12.2. The van der Waals surface area contributed by atoms with Crippen LogP contribution in [-0.2, 0) is 0 Å². The van der Waals surface area contributed by atoms with Gasteiger partial charge in [-0.3, -0.25) is 9.69 Å². The van der Waals surface area contributed by atoms with Crippen molar-refractivity contribution >= 4 is 27.9 Å². The van der Waals surface area contributed by atoms with Crippen LogP contribution in [0.4, 0.5) is 10.7 Å². The van der Waals surface area contributed by atoms with Gasteiger partial charge in [0.1, 0.15) is 4.88 Å². The van der Waals surface area contributed by atoms with Gasteiger partial charge in [0.05, 0.1) is 10.7 Å². The van der Waals surface area contributed by atoms with Crippen LogP contribution in [0.5, 0.6) is 0 Å². The highest BCUT2D eigenvalue weighted by Gasteiger charge is 2.32. The number of anilines is 2. The van der Waals surface area contributed by atoms with Crippen molar-refractivity contribution in [2.24, 2.45) is 0 Å². The Balaban J connectivity index is 1.48. The first kappa shape index (κ1) is 13.4. The minimum atomic E-state index is 0.00533. The summed E-state index contributed by atoms with van der Waals surface area (Å²) < 4.78 is 0. The number of thiophene rings is 1. The van der Waals surface area contributed by atoms with E-state index in [0.29, 0.717) is 22.6 Å². The summed E-state index contributed by atoms with van der Waals surface area (Å²) in [6, 6.07) is 3.05. The van der Waals surface area contributed by atoms with Gasteiger partial charge in [-0.2, -0.15) is 0 Å². The number of piperazine rings is 1. The number of carbonyl (C=O) groups is 1. The van der Waals surface area contributed by atoms with Crippen molar-refractivity contribution in [2.45, 2.75) is 37.8 Å². The maximum absolute atomic E-state index is 12.2. The molecule has 1 saturated carbocycles. The fraction of sp³-hybridized carbons (Fsp3) is 0.667. The van der Waals surface area contributed by atoms with E-state index in [2.05, 4.69) is 15.1 Å². The highest BCUT2D eigenvalue weighted by molar-refractivity contribution is 7.18. The van der Waals surface area contributed by atoms with Crippen LogP contribution in [-0.4, -0.2) is 49.1 Å². The Hall–Kier alpha value is -1.27. The number of hydrogen-bond acceptors (Lipinski definition) is 5. The van der Waals surface area contributed by atoms with Crippen LogP contribution >= 0.6 is 11.3 Å². The van der Waals surface area contributed by atoms with Crippen LogP contribution < -0.4 is 16.0 Å². The van der Waals surface area contributed by atoms with Crippen molar-refractivity contribution < 1.29 is 4.79 Å². The minimum absolute atomic E-state index is 0.00533. The van der Waals surface area contributed by atoms with Crippen molar-refractivity contribution in [3.63, 3.8) is 0 Å². The zero-order chi connectivity index (χ0) is 14.4. The summed E-state index contributed by atoms with van der Waals surface area (Å²) >= 11 is 1.55. The number of carbonyl (C=O) groups excluding carboxylic acids is 1. The lowest BCUT2D eigenvalue weighted by Gasteiger charge is -2.38. The maximum atomic E-state index is 12.2. The molecule has 0 aromatic carbocycles. The van der Waals surface area contributed by atoms with Gasteiger partial charge in [0.2, 0.25) is 0 Å². The largest absolute Gasteiger partial charge is 0.397 e. The normalized spacial score (nSPS) is 25.9. The van der Waals surface area contributed by atoms with E-state index in [-0.39, 0.29) is 5.91 Å². The minimum Gasteiger partial charge on any atom is -0.397 e. The summed E-state index contributed by atoms with van der Waals surface area (Å²) in [4.78, 5) is 17.9. The number of amides is 1. The molecule has 1 amide bonds. The summed E-state index contributed by atoms with van der Waals surface area (Å²) in [5.41, 5.74) is 6.69. The number of nitrogens with two attached hydrogens (primary N) is 1. The second-order valence-electron chi connectivity index (χ2n) is 6.39. The molecule has 1 atom stereocenters. The number of rotatable bonds is 3. The molecule has 0 bridgehead atoms. The molecule has 3 aliphatic rings. The smallest absolute Gasteiger partial charge is 0.263 e. The average Bonchev–Trinajstić information content (AvgIpc) is 3.02. The number of nitrogen functional groups attached to an aromatic ring is 1. The van der Waals surface area contributed by atoms with Crippen LogP contribution in [0.25, 0.3) is 0 Å². The van der Waals surface area contributed by atoms with Crippen LogP contribution in [0.3, 0.4) is 0 Å². The van der Waals surface area contributed by atoms with E-state index in [0.717, 1.165) is 37.5 Å². The van der Waals surface area contributed by atoms with Crippen molar-refractivity contribution in [1.82, 2.24) is 10.2 Å². The molecule has 5 nitrogen and oxygen atoms in total. The van der Waals surface area contributed by atoms with Gasteiger partial charge in [-0.1, -0.05) is 0 Å². The molecule has 21 heavy (non-hydrogen) atoms. The fourth-order valence-electron chi connectivity index (χ4n) is 3.39. The lowest BCUT2D eigenvalue weighted by molar-refractivity contribution is 0.0956. The van der Waals surface area contributed by atoms with Gasteiger partial charge >= 0.3 is 0 Å². The second kappa shape index (κ2) is 5.18. The van der Waals surface area contributed by atoms with Crippen LogP contribution in [0.2, 0.25) is 0 Å². The summed E-state index contributed by atoms with van der Waals surface area (Å²) in [7, 11) is 0. The van der Waals surface area contributed by atoms with Gasteiger partial charge < -0.3 is 16.0 Å². The van der Waals surface area contributed by atoms with Gasteiger partial charge in [0.15, 0.2) is 0 Å². The molecule has 6 heteroatoms. The van der Waals surface area contributed by atoms with E-state index in [1.165, 1.54) is 19.4 Å². The lowest BCUT2D eigenvalue weighted by atomic mass is 10.1. The van der Waals surface area contributed by atoms with Gasteiger partial charge in [-0.15, -0.1) is 11.3 Å². The Kier molecular flexibility index (Phi) is 3.30. The molecule has 4 rings (SSSR count). The quantitative estimate of drug-likeness (QED) is 0.888. The van der Waals surface area contributed by atoms with Crippen LogP contribution in [0.1, 0.15) is 35.4 Å². The Morgan fingerprint density at radius 2 is 2.14 bits per heavy atom. The van der Waals surface area contributed by atoms with Crippen molar-refractivity contribution in [3.05, 3.63) is 10.9 Å². The van der Waals surface area contributed by atoms with Gasteiger partial charge in [-0.05, 0) is 38.3 Å². The predicted octanol–water partition coefficient (Wildman–Crippen LogP) is 1.51. The summed E-state index contributed by atoms with van der Waals surface area (Å²) in [6.45, 7) is 4.50. The Bertz CT molecular complexity index is 554. The molecule has 0 radical (unpaired) electrons. The van der Waals surface area contributed by atoms with E-state index < -0.39 is 0 Å². The highest BCUT2D eigenvalue weighted by Crippen LogP contribution is 2.35. The van der Waals surface area contributed by atoms with E-state index in [1.807, 2.05) is 6.07 Å². The standard InChI is InChI=1S/C15H22N4OS/c16-12-8-13(21-14(12)15(20)17-10-3-4-10)19-7-6-18-5-1-2-11(18)9-19/h8,10-11H,1-7,9,16H2,(H,17,20). The summed E-state index contributed by atoms with van der Waals surface area (Å²) in [6.07, 6.45) is 4.83. The molecule has 0 spiro atoms. The first-order chi connectivity index (χ1) is 10.2. The number of hydrogen-bond donors (Lipinski definition) is 2. The molecule has 3 fully saturated rings. The topological polar surface area (TPSA) is 61.6 Å². The van der Waals surface area contributed by atoms with Crippen LogP contribution in [0, 0.1) is 0 Å². The zero-order valence-corrected chi connectivity index (χ0v) is 13.0. The number of nitrogens with zero attached hydrogens (tertiary/aromatic N) is 2. The van der Waals surface area contributed by atoms with E-state index in [4.69, 9.17) is 5.73 Å². The number of nitrogens with one attached hydrogen (secondary N) is 1. The third-order valence-electron chi connectivity index (χ3n) is 4.77. The first-order valence-electron chi connectivity index (χ1n) is 7.90. The van der Waals surface area contributed by atoms with Gasteiger partial charge in [0, 0.05) is 31.7 Å². The van der Waals surface area contributed by atoms with Crippen molar-refractivity contribution in [3.8, 4) is 0 Å². The SMILES string of the molecule is Nc1cc(N2CCN3CCCC3C2)sc1C(=O)NC1CC1. The molecule has 1 aromatic rings.